The normalized spacial score (nSPS) is 13.8. The maximum Gasteiger partial charge on any atom is 0.0646 e. The number of nitrogens with one attached hydrogen (secondary N) is 1. The number of benzene rings is 1. The van der Waals surface area contributed by atoms with E-state index >= 15 is 0 Å². The Morgan fingerprint density at radius 3 is 2.05 bits per heavy atom. The Hall–Kier alpha value is -0.900. The number of hydrogen-bond donors (Lipinski definition) is 2. The molecule has 3 N–H and O–H groups in total. The molecular formula is C17H31N3. The van der Waals surface area contributed by atoms with E-state index in [0.717, 1.165) is 25.9 Å². The number of rotatable bonds is 8. The van der Waals surface area contributed by atoms with E-state index in [0.29, 0.717) is 0 Å². The molecule has 0 aliphatic rings. The van der Waals surface area contributed by atoms with Crippen LogP contribution in [0.2, 0.25) is 0 Å². The van der Waals surface area contributed by atoms with E-state index in [1.165, 1.54) is 11.1 Å². The zero-order valence-electron chi connectivity index (χ0n) is 13.7. The Morgan fingerprint density at radius 2 is 1.65 bits per heavy atom. The highest BCUT2D eigenvalue weighted by molar-refractivity contribution is 5.31. The van der Waals surface area contributed by atoms with Gasteiger partial charge in [-0.3, -0.25) is 16.2 Å². The van der Waals surface area contributed by atoms with Gasteiger partial charge in [0, 0.05) is 5.54 Å². The molecule has 3 heteroatoms. The van der Waals surface area contributed by atoms with Crippen LogP contribution in [0.1, 0.15) is 57.7 Å². The number of nitrogens with zero attached hydrogens (tertiary/aromatic N) is 1. The average Bonchev–Trinajstić information content (AvgIpc) is 2.49. The van der Waals surface area contributed by atoms with Gasteiger partial charge < -0.3 is 0 Å². The number of nitrogens with two attached hydrogens (primary N) is 1. The smallest absolute Gasteiger partial charge is 0.0646 e. The second kappa shape index (κ2) is 7.77. The highest BCUT2D eigenvalue weighted by atomic mass is 15.3. The predicted octanol–water partition coefficient (Wildman–Crippen LogP) is 3.40. The minimum absolute atomic E-state index is 0.0599. The number of aryl methyl sites for hydroxylation is 1. The molecule has 0 saturated carbocycles. The van der Waals surface area contributed by atoms with Crippen LogP contribution in [-0.2, 0) is 0 Å². The first-order chi connectivity index (χ1) is 9.61. The molecular weight excluding hydrogens is 246 g/mol. The Labute approximate surface area is 124 Å². The van der Waals surface area contributed by atoms with E-state index in [4.69, 9.17) is 5.84 Å². The topological polar surface area (TPSA) is 41.3 Å². The number of likely N-dealkylation sites (N-methyl/N-ethyl adjacent to an activating group) is 1. The van der Waals surface area contributed by atoms with Crippen LogP contribution in [0.25, 0.3) is 0 Å². The molecule has 0 radical (unpaired) electrons. The van der Waals surface area contributed by atoms with Gasteiger partial charge in [0.2, 0.25) is 0 Å². The summed E-state index contributed by atoms with van der Waals surface area (Å²) < 4.78 is 0. The first-order valence-corrected chi connectivity index (χ1v) is 7.87. The van der Waals surface area contributed by atoms with Gasteiger partial charge in [0.05, 0.1) is 6.04 Å². The van der Waals surface area contributed by atoms with Crippen molar-refractivity contribution < 1.29 is 0 Å². The summed E-state index contributed by atoms with van der Waals surface area (Å²) in [5.41, 5.74) is 5.78. The minimum Gasteiger partial charge on any atom is -0.296 e. The molecule has 1 unspecified atom stereocenters. The lowest BCUT2D eigenvalue weighted by molar-refractivity contribution is 0.0485. The van der Waals surface area contributed by atoms with E-state index in [9.17, 15) is 0 Å². The first-order valence-electron chi connectivity index (χ1n) is 7.87. The molecule has 1 aromatic carbocycles. The maximum absolute atomic E-state index is 5.98. The van der Waals surface area contributed by atoms with Crippen molar-refractivity contribution in [2.75, 3.05) is 13.1 Å². The molecule has 0 amide bonds. The first kappa shape index (κ1) is 17.2. The lowest BCUT2D eigenvalue weighted by Gasteiger charge is -2.48. The van der Waals surface area contributed by atoms with Crippen molar-refractivity contribution in [1.82, 2.24) is 10.3 Å². The van der Waals surface area contributed by atoms with E-state index in [2.05, 4.69) is 69.2 Å². The van der Waals surface area contributed by atoms with E-state index < -0.39 is 0 Å². The van der Waals surface area contributed by atoms with Crippen LogP contribution in [0.3, 0.4) is 0 Å². The fourth-order valence-corrected chi connectivity index (χ4v) is 3.59. The van der Waals surface area contributed by atoms with Crippen molar-refractivity contribution in [3.05, 3.63) is 35.4 Å². The molecule has 0 heterocycles. The molecule has 0 spiro atoms. The summed E-state index contributed by atoms with van der Waals surface area (Å²) in [7, 11) is 0. The third-order valence-corrected chi connectivity index (χ3v) is 4.82. The van der Waals surface area contributed by atoms with Crippen LogP contribution < -0.4 is 11.3 Å². The highest BCUT2D eigenvalue weighted by Crippen LogP contribution is 2.37. The fourth-order valence-electron chi connectivity index (χ4n) is 3.59. The summed E-state index contributed by atoms with van der Waals surface area (Å²) in [6.45, 7) is 13.3. The molecule has 1 rings (SSSR count). The highest BCUT2D eigenvalue weighted by Gasteiger charge is 2.40. The van der Waals surface area contributed by atoms with Gasteiger partial charge in [-0.05, 0) is 44.0 Å². The van der Waals surface area contributed by atoms with Crippen LogP contribution in [-0.4, -0.2) is 23.5 Å². The Morgan fingerprint density at radius 1 is 1.10 bits per heavy atom. The molecule has 0 aliphatic carbocycles. The largest absolute Gasteiger partial charge is 0.296 e. The molecule has 0 aromatic heterocycles. The van der Waals surface area contributed by atoms with Gasteiger partial charge in [-0.15, -0.1) is 0 Å². The lowest BCUT2D eigenvalue weighted by Crippen LogP contribution is -2.57. The number of hydrogen-bond acceptors (Lipinski definition) is 3. The van der Waals surface area contributed by atoms with Gasteiger partial charge in [-0.1, -0.05) is 52.0 Å². The summed E-state index contributed by atoms with van der Waals surface area (Å²) in [5.74, 6) is 5.98. The van der Waals surface area contributed by atoms with E-state index in [1.54, 1.807) is 0 Å². The van der Waals surface area contributed by atoms with Crippen molar-refractivity contribution in [1.29, 1.82) is 0 Å². The Balaban J connectivity index is 3.32. The third-order valence-electron chi connectivity index (χ3n) is 4.82. The van der Waals surface area contributed by atoms with Crippen molar-refractivity contribution in [2.24, 2.45) is 5.84 Å². The zero-order chi connectivity index (χ0) is 15.2. The van der Waals surface area contributed by atoms with Gasteiger partial charge in [0.1, 0.15) is 0 Å². The molecule has 3 nitrogen and oxygen atoms in total. The predicted molar refractivity (Wildman–Crippen MR) is 87.5 cm³/mol. The maximum atomic E-state index is 5.98. The minimum atomic E-state index is 0.0599. The fraction of sp³-hybridized carbons (Fsp3) is 0.647. The molecule has 20 heavy (non-hydrogen) atoms. The van der Waals surface area contributed by atoms with Crippen LogP contribution in [0.5, 0.6) is 0 Å². The zero-order valence-corrected chi connectivity index (χ0v) is 13.7. The third kappa shape index (κ3) is 3.05. The van der Waals surface area contributed by atoms with Crippen LogP contribution >= 0.6 is 0 Å². The van der Waals surface area contributed by atoms with Gasteiger partial charge in [0.25, 0.3) is 0 Å². The van der Waals surface area contributed by atoms with Crippen molar-refractivity contribution in [3.63, 3.8) is 0 Å². The van der Waals surface area contributed by atoms with Gasteiger partial charge in [-0.25, -0.2) is 0 Å². The lowest BCUT2D eigenvalue weighted by atomic mass is 9.78. The molecule has 0 fully saturated rings. The van der Waals surface area contributed by atoms with E-state index in [1.807, 2.05) is 0 Å². The molecule has 0 saturated heterocycles. The Kier molecular flexibility index (Phi) is 6.66. The summed E-state index contributed by atoms with van der Waals surface area (Å²) in [6.07, 6.45) is 2.16. The quantitative estimate of drug-likeness (QED) is 0.565. The second-order valence-corrected chi connectivity index (χ2v) is 5.44. The van der Waals surface area contributed by atoms with Crippen molar-refractivity contribution in [2.45, 2.75) is 59.0 Å². The van der Waals surface area contributed by atoms with Gasteiger partial charge in [-0.2, -0.15) is 0 Å². The van der Waals surface area contributed by atoms with Gasteiger partial charge in [0.15, 0.2) is 0 Å². The second-order valence-electron chi connectivity index (χ2n) is 5.44. The molecule has 114 valence electrons. The molecule has 1 atom stereocenters. The summed E-state index contributed by atoms with van der Waals surface area (Å²) >= 11 is 0. The molecule has 0 aliphatic heterocycles. The van der Waals surface area contributed by atoms with Crippen molar-refractivity contribution >= 4 is 0 Å². The number of hydrazine groups is 1. The summed E-state index contributed by atoms with van der Waals surface area (Å²) in [5, 5.41) is 0. The average molecular weight is 277 g/mol. The van der Waals surface area contributed by atoms with Crippen LogP contribution in [0.4, 0.5) is 0 Å². The summed E-state index contributed by atoms with van der Waals surface area (Å²) in [6, 6.07) is 8.70. The Bertz CT molecular complexity index is 395. The SMILES string of the molecule is CCN(CC)C(CC)(CC)C(NN)c1ccccc1C. The van der Waals surface area contributed by atoms with Crippen LogP contribution in [0, 0.1) is 6.92 Å². The van der Waals surface area contributed by atoms with E-state index in [-0.39, 0.29) is 11.6 Å². The summed E-state index contributed by atoms with van der Waals surface area (Å²) in [4.78, 5) is 2.55. The van der Waals surface area contributed by atoms with Crippen LogP contribution in [0.15, 0.2) is 24.3 Å². The standard InChI is InChI=1S/C17H31N3/c1-6-17(7-2,20(8-3)9-4)16(19-18)15-13-11-10-12-14(15)5/h10-13,16,19H,6-9,18H2,1-5H3. The van der Waals surface area contributed by atoms with Gasteiger partial charge >= 0.3 is 0 Å². The van der Waals surface area contributed by atoms with Crippen molar-refractivity contribution in [3.8, 4) is 0 Å². The monoisotopic (exact) mass is 277 g/mol. The molecule has 0 bridgehead atoms. The molecule has 1 aromatic rings.